The molecule has 2 atom stereocenters. The van der Waals surface area contributed by atoms with Crippen LogP contribution in [-0.4, -0.2) is 56.8 Å². The van der Waals surface area contributed by atoms with Crippen LogP contribution in [0.2, 0.25) is 0 Å². The number of carbonyl (C=O) groups is 1. The van der Waals surface area contributed by atoms with Crippen LogP contribution in [0.25, 0.3) is 0 Å². The van der Waals surface area contributed by atoms with Gasteiger partial charge in [0, 0.05) is 25.7 Å². The predicted octanol–water partition coefficient (Wildman–Crippen LogP) is 1.63. The second kappa shape index (κ2) is 7.27. The number of carbonyl (C=O) groups excluding carboxylic acids is 1. The van der Waals surface area contributed by atoms with Gasteiger partial charge in [0.2, 0.25) is 0 Å². The summed E-state index contributed by atoms with van der Waals surface area (Å²) in [7, 11) is 0. The van der Waals surface area contributed by atoms with Crippen LogP contribution in [-0.2, 0) is 0 Å². The van der Waals surface area contributed by atoms with Gasteiger partial charge in [-0.25, -0.2) is 9.48 Å². The van der Waals surface area contributed by atoms with E-state index in [1.54, 1.807) is 0 Å². The maximum Gasteiger partial charge on any atom is 0.315 e. The number of likely N-dealkylation sites (tertiary alicyclic amines) is 1. The molecule has 3 aliphatic rings. The Kier molecular flexibility index (Phi) is 4.87. The molecule has 138 valence electrons. The molecule has 1 saturated heterocycles. The van der Waals surface area contributed by atoms with E-state index < -0.39 is 0 Å². The van der Waals surface area contributed by atoms with Crippen LogP contribution in [0.15, 0.2) is 0 Å². The molecule has 2 saturated carbocycles. The van der Waals surface area contributed by atoms with Gasteiger partial charge < -0.3 is 15.5 Å². The Bertz CT molecular complexity index is 594. The number of nitrogens with one attached hydrogen (secondary N) is 2. The van der Waals surface area contributed by atoms with Gasteiger partial charge in [-0.05, 0) is 55.4 Å². The number of hydrogen-bond donors (Lipinski definition) is 2. The van der Waals surface area contributed by atoms with E-state index in [0.29, 0.717) is 6.04 Å². The monoisotopic (exact) mass is 347 g/mol. The molecule has 4 rings (SSSR count). The number of aromatic nitrogens is 4. The van der Waals surface area contributed by atoms with Crippen LogP contribution in [0.1, 0.15) is 69.8 Å². The van der Waals surface area contributed by atoms with E-state index in [2.05, 4.69) is 31.1 Å². The highest BCUT2D eigenvalue weighted by Gasteiger charge is 2.31. The first-order valence-electron chi connectivity index (χ1n) is 9.76. The van der Waals surface area contributed by atoms with Crippen molar-refractivity contribution in [3.05, 3.63) is 5.82 Å². The number of tetrazole rings is 1. The topological polar surface area (TPSA) is 88.0 Å². The first kappa shape index (κ1) is 16.8. The van der Waals surface area contributed by atoms with Gasteiger partial charge in [0.25, 0.3) is 0 Å². The molecule has 0 spiro atoms. The van der Waals surface area contributed by atoms with Gasteiger partial charge >= 0.3 is 6.03 Å². The standard InChI is InChI=1S/C17H29N7O/c1-12(16-20-21-22-24(16)15-6-7-15)18-17(25)19-14-8-9-23(11-14)10-13-4-2-3-5-13/h12-15H,2-11H2,1H3,(H2,18,19,25)/t12-,14-/m1/s1. The van der Waals surface area contributed by atoms with Crippen molar-refractivity contribution in [2.75, 3.05) is 19.6 Å². The first-order chi connectivity index (χ1) is 12.2. The highest BCUT2D eigenvalue weighted by atomic mass is 16.2. The molecule has 2 heterocycles. The van der Waals surface area contributed by atoms with E-state index >= 15 is 0 Å². The summed E-state index contributed by atoms with van der Waals surface area (Å²) in [5.74, 6) is 1.61. The van der Waals surface area contributed by atoms with Crippen molar-refractivity contribution in [2.24, 2.45) is 5.92 Å². The minimum Gasteiger partial charge on any atom is -0.334 e. The van der Waals surface area contributed by atoms with Crippen molar-refractivity contribution in [2.45, 2.75) is 70.0 Å². The summed E-state index contributed by atoms with van der Waals surface area (Å²) in [4.78, 5) is 14.8. The van der Waals surface area contributed by atoms with Gasteiger partial charge in [-0.2, -0.15) is 0 Å². The molecule has 1 aliphatic heterocycles. The molecule has 8 nitrogen and oxygen atoms in total. The SMILES string of the molecule is C[C@@H](NC(=O)N[C@@H]1CCN(CC2CCCC2)C1)c1nnnn1C1CC1. The van der Waals surface area contributed by atoms with Crippen LogP contribution in [0.3, 0.4) is 0 Å². The number of rotatable bonds is 6. The summed E-state index contributed by atoms with van der Waals surface area (Å²) < 4.78 is 1.85. The van der Waals surface area contributed by atoms with Gasteiger partial charge in [-0.3, -0.25) is 0 Å². The molecule has 3 fully saturated rings. The molecule has 2 amide bonds. The normalized spacial score (nSPS) is 26.0. The Balaban J connectivity index is 1.22. The predicted molar refractivity (Wildman–Crippen MR) is 93.0 cm³/mol. The van der Waals surface area contributed by atoms with E-state index in [4.69, 9.17) is 0 Å². The first-order valence-corrected chi connectivity index (χ1v) is 9.76. The lowest BCUT2D eigenvalue weighted by Crippen LogP contribution is -2.44. The molecule has 8 heteroatoms. The molecule has 2 aliphatic carbocycles. The smallest absolute Gasteiger partial charge is 0.315 e. The molecule has 1 aromatic rings. The molecule has 2 N–H and O–H groups in total. The summed E-state index contributed by atoms with van der Waals surface area (Å²) in [6.45, 7) is 5.20. The molecule has 0 bridgehead atoms. The van der Waals surface area contributed by atoms with E-state index in [1.165, 1.54) is 32.2 Å². The van der Waals surface area contributed by atoms with Crippen LogP contribution in [0.5, 0.6) is 0 Å². The maximum absolute atomic E-state index is 12.3. The number of amides is 2. The lowest BCUT2D eigenvalue weighted by atomic mass is 10.1. The minimum atomic E-state index is -0.188. The van der Waals surface area contributed by atoms with Crippen LogP contribution in [0.4, 0.5) is 4.79 Å². The third-order valence-electron chi connectivity index (χ3n) is 5.74. The number of hydrogen-bond acceptors (Lipinski definition) is 5. The molecular formula is C17H29N7O. The zero-order valence-corrected chi connectivity index (χ0v) is 15.0. The maximum atomic E-state index is 12.3. The van der Waals surface area contributed by atoms with Crippen molar-refractivity contribution < 1.29 is 4.79 Å². The molecule has 25 heavy (non-hydrogen) atoms. The minimum absolute atomic E-state index is 0.120. The fraction of sp³-hybridized carbons (Fsp3) is 0.882. The van der Waals surface area contributed by atoms with E-state index in [9.17, 15) is 4.79 Å². The summed E-state index contributed by atoms with van der Waals surface area (Å²) in [6, 6.07) is 0.349. The number of urea groups is 1. The third kappa shape index (κ3) is 4.11. The highest BCUT2D eigenvalue weighted by Crippen LogP contribution is 2.35. The Labute approximate surface area is 148 Å². The lowest BCUT2D eigenvalue weighted by molar-refractivity contribution is 0.231. The largest absolute Gasteiger partial charge is 0.334 e. The lowest BCUT2D eigenvalue weighted by Gasteiger charge is -2.21. The Morgan fingerprint density at radius 1 is 1.24 bits per heavy atom. The van der Waals surface area contributed by atoms with Crippen molar-refractivity contribution in [1.29, 1.82) is 0 Å². The fourth-order valence-electron chi connectivity index (χ4n) is 4.23. The summed E-state index contributed by atoms with van der Waals surface area (Å²) in [5, 5.41) is 18.0. The zero-order valence-electron chi connectivity index (χ0n) is 15.0. The summed E-state index contributed by atoms with van der Waals surface area (Å²) >= 11 is 0. The molecular weight excluding hydrogens is 318 g/mol. The molecule has 0 aromatic carbocycles. The average Bonchev–Trinajstić information content (AvgIpc) is 3.01. The van der Waals surface area contributed by atoms with E-state index in [1.807, 2.05) is 11.6 Å². The molecule has 0 radical (unpaired) electrons. The quantitative estimate of drug-likeness (QED) is 0.817. The zero-order chi connectivity index (χ0) is 17.2. The second-order valence-corrected chi connectivity index (χ2v) is 7.95. The third-order valence-corrected chi connectivity index (χ3v) is 5.74. The summed E-state index contributed by atoms with van der Waals surface area (Å²) in [5.41, 5.74) is 0. The van der Waals surface area contributed by atoms with Crippen LogP contribution < -0.4 is 10.6 Å². The van der Waals surface area contributed by atoms with Gasteiger partial charge in [0.15, 0.2) is 5.82 Å². The van der Waals surface area contributed by atoms with Crippen LogP contribution >= 0.6 is 0 Å². The second-order valence-electron chi connectivity index (χ2n) is 7.95. The van der Waals surface area contributed by atoms with Gasteiger partial charge in [0.1, 0.15) is 0 Å². The van der Waals surface area contributed by atoms with Crippen molar-refractivity contribution in [3.63, 3.8) is 0 Å². The van der Waals surface area contributed by atoms with Crippen molar-refractivity contribution in [1.82, 2.24) is 35.7 Å². The Morgan fingerprint density at radius 3 is 2.80 bits per heavy atom. The summed E-state index contributed by atoms with van der Waals surface area (Å²) in [6.07, 6.45) is 8.81. The molecule has 1 aromatic heterocycles. The van der Waals surface area contributed by atoms with E-state index in [-0.39, 0.29) is 18.1 Å². The Hall–Kier alpha value is -1.70. The van der Waals surface area contributed by atoms with Gasteiger partial charge in [-0.15, -0.1) is 5.10 Å². The van der Waals surface area contributed by atoms with Crippen LogP contribution in [0, 0.1) is 5.92 Å². The van der Waals surface area contributed by atoms with Crippen molar-refractivity contribution >= 4 is 6.03 Å². The Morgan fingerprint density at radius 2 is 2.04 bits per heavy atom. The number of nitrogens with zero attached hydrogens (tertiary/aromatic N) is 5. The fourth-order valence-corrected chi connectivity index (χ4v) is 4.23. The van der Waals surface area contributed by atoms with Gasteiger partial charge in [-0.1, -0.05) is 12.8 Å². The molecule has 0 unspecified atom stereocenters. The average molecular weight is 347 g/mol. The van der Waals surface area contributed by atoms with Gasteiger partial charge in [0.05, 0.1) is 12.1 Å². The van der Waals surface area contributed by atoms with E-state index in [0.717, 1.165) is 44.1 Å². The van der Waals surface area contributed by atoms with Crippen molar-refractivity contribution in [3.8, 4) is 0 Å². The highest BCUT2D eigenvalue weighted by molar-refractivity contribution is 5.74.